The topological polar surface area (TPSA) is 15.3 Å². The van der Waals surface area contributed by atoms with E-state index >= 15 is 0 Å². The fourth-order valence-electron chi connectivity index (χ4n) is 2.58. The molecule has 1 N–H and O–H groups in total. The molecule has 2 aliphatic rings. The summed E-state index contributed by atoms with van der Waals surface area (Å²) < 4.78 is 0. The zero-order valence-electron chi connectivity index (χ0n) is 8.37. The Bertz CT molecular complexity index is 174. The summed E-state index contributed by atoms with van der Waals surface area (Å²) in [6.45, 7) is 7.18. The molecule has 0 amide bonds. The van der Waals surface area contributed by atoms with Gasteiger partial charge in [-0.15, -0.1) is 0 Å². The zero-order chi connectivity index (χ0) is 9.26. The van der Waals surface area contributed by atoms with Gasteiger partial charge in [-0.05, 0) is 31.8 Å². The number of thiol groups is 1. The van der Waals surface area contributed by atoms with E-state index in [1.54, 1.807) is 0 Å². The molecule has 3 atom stereocenters. The first kappa shape index (κ1) is 9.81. The zero-order valence-corrected chi connectivity index (χ0v) is 9.26. The molecule has 3 heteroatoms. The van der Waals surface area contributed by atoms with Gasteiger partial charge in [0.05, 0.1) is 0 Å². The summed E-state index contributed by atoms with van der Waals surface area (Å²) in [5.41, 5.74) is 0. The highest BCUT2D eigenvalue weighted by molar-refractivity contribution is 7.81. The average Bonchev–Trinajstić information content (AvgIpc) is 2.71. The third-order valence-electron chi connectivity index (χ3n) is 3.47. The molecule has 0 aromatic heterocycles. The molecule has 13 heavy (non-hydrogen) atoms. The Hall–Kier alpha value is 0.270. The lowest BCUT2D eigenvalue weighted by atomic mass is 9.98. The van der Waals surface area contributed by atoms with Crippen molar-refractivity contribution in [2.75, 3.05) is 26.2 Å². The van der Waals surface area contributed by atoms with Crippen molar-refractivity contribution in [1.82, 2.24) is 10.2 Å². The normalized spacial score (nSPS) is 41.5. The number of rotatable bonds is 2. The first-order valence-electron chi connectivity index (χ1n) is 5.43. The van der Waals surface area contributed by atoms with Crippen LogP contribution in [0.2, 0.25) is 0 Å². The summed E-state index contributed by atoms with van der Waals surface area (Å²) >= 11 is 4.51. The summed E-state index contributed by atoms with van der Waals surface area (Å²) in [5, 5.41) is 4.19. The van der Waals surface area contributed by atoms with Gasteiger partial charge in [-0.3, -0.25) is 0 Å². The monoisotopic (exact) mass is 200 g/mol. The molecule has 0 bridgehead atoms. The molecule has 0 aliphatic carbocycles. The van der Waals surface area contributed by atoms with E-state index in [2.05, 4.69) is 29.8 Å². The average molecular weight is 200 g/mol. The molecule has 0 saturated carbocycles. The highest BCUT2D eigenvalue weighted by atomic mass is 32.1. The fourth-order valence-corrected chi connectivity index (χ4v) is 2.92. The van der Waals surface area contributed by atoms with E-state index in [4.69, 9.17) is 0 Å². The quantitative estimate of drug-likeness (QED) is 0.646. The Morgan fingerprint density at radius 1 is 1.54 bits per heavy atom. The second-order valence-corrected chi connectivity index (χ2v) is 5.08. The minimum Gasteiger partial charge on any atom is -0.313 e. The maximum Gasteiger partial charge on any atom is 0.0157 e. The number of likely N-dealkylation sites (tertiary alicyclic amines) is 1. The summed E-state index contributed by atoms with van der Waals surface area (Å²) in [5.74, 6) is 0.886. The van der Waals surface area contributed by atoms with Crippen molar-refractivity contribution >= 4 is 12.6 Å². The van der Waals surface area contributed by atoms with E-state index < -0.39 is 0 Å². The Morgan fingerprint density at radius 2 is 2.38 bits per heavy atom. The van der Waals surface area contributed by atoms with Gasteiger partial charge in [-0.2, -0.15) is 12.6 Å². The van der Waals surface area contributed by atoms with E-state index in [0.29, 0.717) is 5.25 Å². The fraction of sp³-hybridized carbons (Fsp3) is 1.00. The van der Waals surface area contributed by atoms with Crippen LogP contribution in [0.3, 0.4) is 0 Å². The van der Waals surface area contributed by atoms with E-state index in [9.17, 15) is 0 Å². The molecular formula is C10H20N2S. The van der Waals surface area contributed by atoms with Crippen LogP contribution in [0.5, 0.6) is 0 Å². The van der Waals surface area contributed by atoms with Crippen LogP contribution in [0, 0.1) is 5.92 Å². The predicted octanol–water partition coefficient (Wildman–Crippen LogP) is 0.988. The first-order valence-corrected chi connectivity index (χ1v) is 5.95. The Kier molecular flexibility index (Phi) is 3.17. The van der Waals surface area contributed by atoms with Crippen LogP contribution in [0.15, 0.2) is 0 Å². The molecule has 0 aromatic rings. The van der Waals surface area contributed by atoms with Crippen molar-refractivity contribution in [3.8, 4) is 0 Å². The molecule has 2 rings (SSSR count). The Morgan fingerprint density at radius 3 is 2.92 bits per heavy atom. The Labute approximate surface area is 86.5 Å². The van der Waals surface area contributed by atoms with Gasteiger partial charge in [0, 0.05) is 24.4 Å². The summed E-state index contributed by atoms with van der Waals surface area (Å²) in [4.78, 5) is 2.55. The van der Waals surface area contributed by atoms with Crippen molar-refractivity contribution in [2.45, 2.75) is 31.1 Å². The molecular weight excluding hydrogens is 180 g/mol. The Balaban J connectivity index is 1.82. The molecule has 2 fully saturated rings. The second kappa shape index (κ2) is 4.20. The van der Waals surface area contributed by atoms with Crippen molar-refractivity contribution in [3.05, 3.63) is 0 Å². The van der Waals surface area contributed by atoms with E-state index in [-0.39, 0.29) is 0 Å². The summed E-state index contributed by atoms with van der Waals surface area (Å²) in [7, 11) is 0. The van der Waals surface area contributed by atoms with E-state index in [0.717, 1.165) is 18.5 Å². The number of nitrogens with one attached hydrogen (secondary N) is 1. The van der Waals surface area contributed by atoms with Crippen LogP contribution in [0.4, 0.5) is 0 Å². The largest absolute Gasteiger partial charge is 0.313 e. The molecule has 76 valence electrons. The minimum atomic E-state index is 0.598. The van der Waals surface area contributed by atoms with Gasteiger partial charge >= 0.3 is 0 Å². The molecule has 0 radical (unpaired) electrons. The van der Waals surface area contributed by atoms with E-state index in [1.807, 2.05) is 0 Å². The number of nitrogens with zero attached hydrogens (tertiary/aromatic N) is 1. The molecule has 2 aliphatic heterocycles. The molecule has 0 unspecified atom stereocenters. The van der Waals surface area contributed by atoms with Crippen LogP contribution < -0.4 is 5.32 Å². The minimum absolute atomic E-state index is 0.598. The van der Waals surface area contributed by atoms with Gasteiger partial charge in [0.2, 0.25) is 0 Å². The molecule has 0 aromatic carbocycles. The number of hydrogen-bond donors (Lipinski definition) is 2. The third-order valence-corrected chi connectivity index (χ3v) is 3.86. The lowest BCUT2D eigenvalue weighted by Crippen LogP contribution is -2.32. The molecule has 2 heterocycles. The maximum atomic E-state index is 4.51. The SMILES string of the molecule is CCN1CC[C@H]([C@@H]2C[C@H](S)CN2)C1. The van der Waals surface area contributed by atoms with Gasteiger partial charge in [0.25, 0.3) is 0 Å². The number of hydrogen-bond acceptors (Lipinski definition) is 3. The maximum absolute atomic E-state index is 4.51. The van der Waals surface area contributed by atoms with Crippen molar-refractivity contribution in [1.29, 1.82) is 0 Å². The third kappa shape index (κ3) is 2.20. The molecule has 2 nitrogen and oxygen atoms in total. The lowest BCUT2D eigenvalue weighted by Gasteiger charge is -2.19. The lowest BCUT2D eigenvalue weighted by molar-refractivity contribution is 0.320. The van der Waals surface area contributed by atoms with Gasteiger partial charge < -0.3 is 10.2 Å². The standard InChI is InChI=1S/C10H20N2S/c1-2-12-4-3-8(7-12)10-5-9(13)6-11-10/h8-11,13H,2-7H2,1H3/t8-,9-,10-/m0/s1. The molecule has 0 spiro atoms. The highest BCUT2D eigenvalue weighted by Crippen LogP contribution is 2.26. The van der Waals surface area contributed by atoms with Crippen LogP contribution in [0.25, 0.3) is 0 Å². The van der Waals surface area contributed by atoms with E-state index in [1.165, 1.54) is 32.5 Å². The van der Waals surface area contributed by atoms with Gasteiger partial charge in [0.15, 0.2) is 0 Å². The smallest absolute Gasteiger partial charge is 0.0157 e. The van der Waals surface area contributed by atoms with Crippen LogP contribution >= 0.6 is 12.6 Å². The van der Waals surface area contributed by atoms with Crippen LogP contribution in [0.1, 0.15) is 19.8 Å². The van der Waals surface area contributed by atoms with Gasteiger partial charge in [-0.25, -0.2) is 0 Å². The van der Waals surface area contributed by atoms with Gasteiger partial charge in [0.1, 0.15) is 0 Å². The molecule has 2 saturated heterocycles. The van der Waals surface area contributed by atoms with Crippen LogP contribution in [-0.4, -0.2) is 42.4 Å². The second-order valence-electron chi connectivity index (χ2n) is 4.35. The highest BCUT2D eigenvalue weighted by Gasteiger charge is 2.32. The predicted molar refractivity (Wildman–Crippen MR) is 59.4 cm³/mol. The van der Waals surface area contributed by atoms with Gasteiger partial charge in [-0.1, -0.05) is 6.92 Å². The first-order chi connectivity index (χ1) is 6.29. The van der Waals surface area contributed by atoms with Crippen LogP contribution in [-0.2, 0) is 0 Å². The van der Waals surface area contributed by atoms with Crippen molar-refractivity contribution < 1.29 is 0 Å². The summed E-state index contributed by atoms with van der Waals surface area (Å²) in [6, 6.07) is 0.749. The van der Waals surface area contributed by atoms with Crippen molar-refractivity contribution in [3.63, 3.8) is 0 Å². The van der Waals surface area contributed by atoms with Crippen molar-refractivity contribution in [2.24, 2.45) is 5.92 Å². The summed E-state index contributed by atoms with van der Waals surface area (Å²) in [6.07, 6.45) is 2.65.